The van der Waals surface area contributed by atoms with Gasteiger partial charge in [0.2, 0.25) is 0 Å². The van der Waals surface area contributed by atoms with Gasteiger partial charge in [-0.1, -0.05) is 0 Å². The molecule has 0 fully saturated rings. The molecule has 0 unspecified atom stereocenters. The molecule has 0 heterocycles. The number of aliphatic hydroxyl groups is 2. The minimum atomic E-state index is -0.968. The third-order valence-corrected chi connectivity index (χ3v) is 0.752. The van der Waals surface area contributed by atoms with Gasteiger partial charge in [0.25, 0.3) is 0 Å². The van der Waals surface area contributed by atoms with Crippen molar-refractivity contribution in [3.05, 3.63) is 0 Å². The molecule has 0 spiro atoms. The summed E-state index contributed by atoms with van der Waals surface area (Å²) in [6.07, 6.45) is 0. The summed E-state index contributed by atoms with van der Waals surface area (Å²) >= 11 is 0. The number of carboxylic acid groups (broad SMARTS) is 1. The number of carboxylic acids is 1. The second kappa shape index (κ2) is 12.9. The number of aliphatic hydroxyl groups excluding tert-OH is 2. The van der Waals surface area contributed by atoms with Gasteiger partial charge in [-0.15, -0.1) is 0 Å². The molecule has 0 rings (SSSR count). The van der Waals surface area contributed by atoms with E-state index in [4.69, 9.17) is 15.3 Å². The number of hydrogen-bond donors (Lipinski definition) is 5. The summed E-state index contributed by atoms with van der Waals surface area (Å²) in [7, 11) is 0. The van der Waals surface area contributed by atoms with Crippen molar-refractivity contribution in [2.75, 3.05) is 32.8 Å². The molecule has 0 aromatic carbocycles. The molecule has 6 N–H and O–H groups in total. The second-order valence-electron chi connectivity index (χ2n) is 1.80. The van der Waals surface area contributed by atoms with Crippen LogP contribution in [0.3, 0.4) is 0 Å². The Morgan fingerprint density at radius 2 is 1.58 bits per heavy atom. The van der Waals surface area contributed by atoms with E-state index in [2.05, 4.69) is 11.1 Å². The van der Waals surface area contributed by atoms with Crippen LogP contribution < -0.4 is 11.1 Å². The summed E-state index contributed by atoms with van der Waals surface area (Å²) < 4.78 is 0. The molecule has 6 heteroatoms. The Hall–Kier alpha value is -0.690. The van der Waals surface area contributed by atoms with Crippen LogP contribution in [0.25, 0.3) is 0 Å². The second-order valence-corrected chi connectivity index (χ2v) is 1.80. The van der Waals surface area contributed by atoms with Gasteiger partial charge in [-0.25, -0.2) is 0 Å². The third kappa shape index (κ3) is 22.8. The third-order valence-electron chi connectivity index (χ3n) is 0.752. The van der Waals surface area contributed by atoms with E-state index < -0.39 is 5.97 Å². The summed E-state index contributed by atoms with van der Waals surface area (Å²) in [5.41, 5.74) is 4.57. The first kappa shape index (κ1) is 13.9. The number of aliphatic carboxylic acids is 1. The molecule has 0 bridgehead atoms. The number of nitrogens with two attached hydrogens (primary N) is 1. The molecule has 0 aromatic rings. The van der Waals surface area contributed by atoms with Crippen molar-refractivity contribution in [3.63, 3.8) is 0 Å². The van der Waals surface area contributed by atoms with Gasteiger partial charge in [0, 0.05) is 13.1 Å². The summed E-state index contributed by atoms with van der Waals surface area (Å²) in [5.74, 6) is -0.968. The Bertz CT molecular complexity index is 95.5. The highest BCUT2D eigenvalue weighted by molar-refractivity contribution is 5.68. The number of nitrogens with one attached hydrogen (secondary N) is 1. The highest BCUT2D eigenvalue weighted by atomic mass is 16.4. The zero-order valence-corrected chi connectivity index (χ0v) is 6.86. The molecule has 0 aliphatic rings. The first-order valence-electron chi connectivity index (χ1n) is 3.53. The number of carbonyl (C=O) groups is 1. The lowest BCUT2D eigenvalue weighted by Crippen LogP contribution is -2.21. The monoisotopic (exact) mass is 180 g/mol. The van der Waals surface area contributed by atoms with Crippen LogP contribution >= 0.6 is 0 Å². The van der Waals surface area contributed by atoms with Crippen LogP contribution in [-0.2, 0) is 4.79 Å². The molecule has 74 valence electrons. The van der Waals surface area contributed by atoms with E-state index in [-0.39, 0.29) is 19.8 Å². The van der Waals surface area contributed by atoms with Crippen LogP contribution in [0.1, 0.15) is 0 Å². The van der Waals surface area contributed by atoms with Crippen molar-refractivity contribution in [2.45, 2.75) is 0 Å². The molecule has 0 atom stereocenters. The minimum Gasteiger partial charge on any atom is -0.480 e. The van der Waals surface area contributed by atoms with E-state index in [9.17, 15) is 4.79 Å². The molecule has 0 saturated carbocycles. The van der Waals surface area contributed by atoms with Crippen molar-refractivity contribution in [1.29, 1.82) is 0 Å². The van der Waals surface area contributed by atoms with E-state index in [0.717, 1.165) is 0 Å². The van der Waals surface area contributed by atoms with Gasteiger partial charge < -0.3 is 26.4 Å². The molecule has 12 heavy (non-hydrogen) atoms. The van der Waals surface area contributed by atoms with Gasteiger partial charge in [-0.05, 0) is 0 Å². The summed E-state index contributed by atoms with van der Waals surface area (Å²) in [5, 5.41) is 26.7. The number of rotatable bonds is 5. The molecular formula is C6H16N2O4. The van der Waals surface area contributed by atoms with E-state index in [1.54, 1.807) is 0 Å². The van der Waals surface area contributed by atoms with Crippen LogP contribution in [0.2, 0.25) is 0 Å². The zero-order valence-electron chi connectivity index (χ0n) is 6.86. The van der Waals surface area contributed by atoms with Gasteiger partial charge in [0.1, 0.15) is 0 Å². The molecule has 0 aliphatic carbocycles. The molecule has 0 aliphatic heterocycles. The van der Waals surface area contributed by atoms with Crippen LogP contribution in [-0.4, -0.2) is 54.1 Å². The first-order valence-corrected chi connectivity index (χ1v) is 3.53. The van der Waals surface area contributed by atoms with Crippen LogP contribution in [0, 0.1) is 0 Å². The highest BCUT2D eigenvalue weighted by Crippen LogP contribution is 1.54. The summed E-state index contributed by atoms with van der Waals surface area (Å²) in [4.78, 5) is 9.24. The quantitative estimate of drug-likeness (QED) is 0.301. The molecule has 0 radical (unpaired) electrons. The van der Waals surface area contributed by atoms with Gasteiger partial charge in [-0.3, -0.25) is 4.79 Å². The summed E-state index contributed by atoms with van der Waals surface area (Å²) in [6.45, 7) is 1.14. The van der Waals surface area contributed by atoms with Crippen molar-refractivity contribution in [3.8, 4) is 0 Å². The van der Waals surface area contributed by atoms with Crippen molar-refractivity contribution < 1.29 is 20.1 Å². The topological polar surface area (TPSA) is 116 Å². The Kier molecular flexibility index (Phi) is 15.0. The van der Waals surface area contributed by atoms with E-state index in [0.29, 0.717) is 13.1 Å². The zero-order chi connectivity index (χ0) is 9.82. The average molecular weight is 180 g/mol. The molecule has 0 saturated heterocycles. The summed E-state index contributed by atoms with van der Waals surface area (Å²) in [6, 6.07) is 0. The molecular weight excluding hydrogens is 164 g/mol. The van der Waals surface area contributed by atoms with E-state index >= 15 is 0 Å². The fourth-order valence-electron chi connectivity index (χ4n) is 0.283. The minimum absolute atomic E-state index is 0.139. The van der Waals surface area contributed by atoms with Gasteiger partial charge in [0.05, 0.1) is 19.8 Å². The van der Waals surface area contributed by atoms with Crippen LogP contribution in [0.15, 0.2) is 0 Å². The molecule has 6 nitrogen and oxygen atoms in total. The smallest absolute Gasteiger partial charge is 0.317 e. The maximum absolute atomic E-state index is 9.24. The Balaban J connectivity index is 0. The fraction of sp³-hybridized carbons (Fsp3) is 0.833. The molecule has 0 amide bonds. The number of hydrogen-bond acceptors (Lipinski definition) is 5. The predicted octanol–water partition coefficient (Wildman–Crippen LogP) is -2.41. The van der Waals surface area contributed by atoms with Crippen LogP contribution in [0.5, 0.6) is 0 Å². The van der Waals surface area contributed by atoms with Crippen molar-refractivity contribution in [1.82, 2.24) is 5.32 Å². The highest BCUT2D eigenvalue weighted by Gasteiger charge is 1.81. The first-order chi connectivity index (χ1) is 5.68. The van der Waals surface area contributed by atoms with Gasteiger partial charge >= 0.3 is 5.97 Å². The van der Waals surface area contributed by atoms with Crippen molar-refractivity contribution >= 4 is 5.97 Å². The van der Waals surface area contributed by atoms with Gasteiger partial charge in [-0.2, -0.15) is 0 Å². The lowest BCUT2D eigenvalue weighted by Gasteiger charge is -1.94. The van der Waals surface area contributed by atoms with Gasteiger partial charge in [0.15, 0.2) is 0 Å². The maximum atomic E-state index is 9.24. The van der Waals surface area contributed by atoms with E-state index in [1.807, 2.05) is 0 Å². The lowest BCUT2D eigenvalue weighted by atomic mass is 10.6. The Labute approximate surface area is 71.0 Å². The standard InChI is InChI=1S/C4H11NO2.C2H5NO2/c6-3-1-5-2-4-7;3-1-2(4)5/h5-7H,1-4H2;1,3H2,(H,4,5). The Morgan fingerprint density at radius 1 is 1.25 bits per heavy atom. The van der Waals surface area contributed by atoms with Crippen LogP contribution in [0.4, 0.5) is 0 Å². The SMILES string of the molecule is NCC(=O)O.OCCNCCO. The molecule has 0 aromatic heterocycles. The Morgan fingerprint density at radius 3 is 1.75 bits per heavy atom. The predicted molar refractivity (Wildman–Crippen MR) is 43.7 cm³/mol. The van der Waals surface area contributed by atoms with Crippen molar-refractivity contribution in [2.24, 2.45) is 5.73 Å². The lowest BCUT2D eigenvalue weighted by molar-refractivity contribution is -0.135. The maximum Gasteiger partial charge on any atom is 0.317 e. The fourth-order valence-corrected chi connectivity index (χ4v) is 0.283. The van der Waals surface area contributed by atoms with E-state index in [1.165, 1.54) is 0 Å². The largest absolute Gasteiger partial charge is 0.480 e. The normalized spacial score (nSPS) is 8.58. The average Bonchev–Trinajstić information content (AvgIpc) is 2.07.